The molecule has 4 nitrogen and oxygen atoms in total. The average molecular weight is 289 g/mol. The lowest BCUT2D eigenvalue weighted by atomic mass is 9.85. The van der Waals surface area contributed by atoms with Gasteiger partial charge < -0.3 is 10.0 Å². The molecular formula is C17H23NO3. The Hall–Kier alpha value is -1.84. The van der Waals surface area contributed by atoms with Crippen LogP contribution in [0.2, 0.25) is 0 Å². The van der Waals surface area contributed by atoms with E-state index in [1.54, 1.807) is 11.8 Å². The SMILES string of the molecule is CCC(C(=O)N1CCCCC1(C)C(=O)O)c1ccccc1. The summed E-state index contributed by atoms with van der Waals surface area (Å²) < 4.78 is 0. The average Bonchev–Trinajstić information content (AvgIpc) is 2.49. The van der Waals surface area contributed by atoms with Crippen molar-refractivity contribution in [1.82, 2.24) is 4.90 Å². The maximum Gasteiger partial charge on any atom is 0.329 e. The molecule has 1 amide bonds. The Morgan fingerprint density at radius 2 is 1.95 bits per heavy atom. The van der Waals surface area contributed by atoms with Crippen LogP contribution in [0.4, 0.5) is 0 Å². The highest BCUT2D eigenvalue weighted by Gasteiger charge is 2.45. The van der Waals surface area contributed by atoms with Crippen LogP contribution in [0.1, 0.15) is 51.0 Å². The lowest BCUT2D eigenvalue weighted by molar-refractivity contribution is -0.161. The van der Waals surface area contributed by atoms with Gasteiger partial charge >= 0.3 is 5.97 Å². The Morgan fingerprint density at radius 3 is 2.52 bits per heavy atom. The molecule has 1 N–H and O–H groups in total. The van der Waals surface area contributed by atoms with Crippen LogP contribution in [0.5, 0.6) is 0 Å². The lowest BCUT2D eigenvalue weighted by Gasteiger charge is -2.43. The van der Waals surface area contributed by atoms with Gasteiger partial charge in [-0.1, -0.05) is 37.3 Å². The molecule has 0 saturated carbocycles. The smallest absolute Gasteiger partial charge is 0.329 e. The normalized spacial score (nSPS) is 23.6. The van der Waals surface area contributed by atoms with Gasteiger partial charge in [0.2, 0.25) is 5.91 Å². The summed E-state index contributed by atoms with van der Waals surface area (Å²) >= 11 is 0. The summed E-state index contributed by atoms with van der Waals surface area (Å²) in [6.45, 7) is 4.17. The third kappa shape index (κ3) is 2.94. The minimum absolute atomic E-state index is 0.0618. The second kappa shape index (κ2) is 6.29. The second-order valence-corrected chi connectivity index (χ2v) is 5.90. The number of carboxylic acid groups (broad SMARTS) is 1. The Kier molecular flexibility index (Phi) is 4.66. The predicted molar refractivity (Wildman–Crippen MR) is 81.1 cm³/mol. The number of carboxylic acids is 1. The van der Waals surface area contributed by atoms with Gasteiger partial charge in [-0.2, -0.15) is 0 Å². The molecule has 1 fully saturated rings. The minimum atomic E-state index is -1.07. The van der Waals surface area contributed by atoms with E-state index in [1.165, 1.54) is 0 Å². The fourth-order valence-electron chi connectivity index (χ4n) is 3.12. The third-order valence-corrected chi connectivity index (χ3v) is 4.53. The topological polar surface area (TPSA) is 57.6 Å². The summed E-state index contributed by atoms with van der Waals surface area (Å²) in [5.41, 5.74) is -0.110. The molecule has 1 saturated heterocycles. The van der Waals surface area contributed by atoms with Gasteiger partial charge in [-0.25, -0.2) is 4.79 Å². The Balaban J connectivity index is 2.30. The molecule has 4 heteroatoms. The van der Waals surface area contributed by atoms with Crippen molar-refractivity contribution in [3.8, 4) is 0 Å². The van der Waals surface area contributed by atoms with Crippen LogP contribution in [0.3, 0.4) is 0 Å². The van der Waals surface area contributed by atoms with Gasteiger partial charge in [0.25, 0.3) is 0 Å². The van der Waals surface area contributed by atoms with E-state index in [-0.39, 0.29) is 11.8 Å². The van der Waals surface area contributed by atoms with Crippen molar-refractivity contribution in [2.75, 3.05) is 6.54 Å². The molecule has 1 aliphatic heterocycles. The number of carbonyl (C=O) groups excluding carboxylic acids is 1. The zero-order valence-electron chi connectivity index (χ0n) is 12.7. The molecule has 0 aliphatic carbocycles. The summed E-state index contributed by atoms with van der Waals surface area (Å²) in [6.07, 6.45) is 2.93. The van der Waals surface area contributed by atoms with Crippen LogP contribution in [-0.4, -0.2) is 34.0 Å². The number of likely N-dealkylation sites (tertiary alicyclic amines) is 1. The van der Waals surface area contributed by atoms with Crippen molar-refractivity contribution in [2.45, 2.75) is 51.0 Å². The van der Waals surface area contributed by atoms with Crippen molar-refractivity contribution < 1.29 is 14.7 Å². The van der Waals surface area contributed by atoms with E-state index in [4.69, 9.17) is 0 Å². The molecule has 0 radical (unpaired) electrons. The second-order valence-electron chi connectivity index (χ2n) is 5.90. The highest BCUT2D eigenvalue weighted by molar-refractivity contribution is 5.90. The molecular weight excluding hydrogens is 266 g/mol. The van der Waals surface area contributed by atoms with Crippen LogP contribution in [0.15, 0.2) is 30.3 Å². The number of amides is 1. The number of benzene rings is 1. The van der Waals surface area contributed by atoms with Gasteiger partial charge in [0.1, 0.15) is 5.54 Å². The first kappa shape index (κ1) is 15.5. The summed E-state index contributed by atoms with van der Waals surface area (Å²) in [5, 5.41) is 9.55. The van der Waals surface area contributed by atoms with Crippen molar-refractivity contribution in [1.29, 1.82) is 0 Å². The van der Waals surface area contributed by atoms with E-state index in [0.29, 0.717) is 19.4 Å². The van der Waals surface area contributed by atoms with Crippen LogP contribution in [0.25, 0.3) is 0 Å². The Bertz CT molecular complexity index is 514. The monoisotopic (exact) mass is 289 g/mol. The van der Waals surface area contributed by atoms with E-state index in [9.17, 15) is 14.7 Å². The molecule has 1 heterocycles. The van der Waals surface area contributed by atoms with E-state index in [0.717, 1.165) is 18.4 Å². The van der Waals surface area contributed by atoms with Gasteiger partial charge in [-0.3, -0.25) is 4.79 Å². The zero-order valence-corrected chi connectivity index (χ0v) is 12.7. The summed E-state index contributed by atoms with van der Waals surface area (Å²) in [5.74, 6) is -1.23. The molecule has 2 atom stereocenters. The molecule has 1 aromatic rings. The Labute approximate surface area is 125 Å². The van der Waals surface area contributed by atoms with Gasteiger partial charge in [-0.05, 0) is 38.2 Å². The van der Waals surface area contributed by atoms with Gasteiger partial charge in [-0.15, -0.1) is 0 Å². The quantitative estimate of drug-likeness (QED) is 0.927. The number of hydrogen-bond donors (Lipinski definition) is 1. The van der Waals surface area contributed by atoms with Gasteiger partial charge in [0.15, 0.2) is 0 Å². The predicted octanol–water partition coefficient (Wildman–Crippen LogP) is 3.04. The first-order chi connectivity index (χ1) is 10.0. The van der Waals surface area contributed by atoms with Gasteiger partial charge in [0.05, 0.1) is 5.92 Å². The van der Waals surface area contributed by atoms with Gasteiger partial charge in [0, 0.05) is 6.54 Å². The number of aliphatic carboxylic acids is 1. The van der Waals surface area contributed by atoms with Crippen molar-refractivity contribution >= 4 is 11.9 Å². The molecule has 2 rings (SSSR count). The molecule has 21 heavy (non-hydrogen) atoms. The Morgan fingerprint density at radius 1 is 1.29 bits per heavy atom. The number of nitrogens with zero attached hydrogens (tertiary/aromatic N) is 1. The molecule has 1 aromatic carbocycles. The standard InChI is InChI=1S/C17H23NO3/c1-3-14(13-9-5-4-6-10-13)15(19)18-12-8-7-11-17(18,2)16(20)21/h4-6,9-10,14H,3,7-8,11-12H2,1-2H3,(H,20,21). The van der Waals surface area contributed by atoms with E-state index < -0.39 is 11.5 Å². The molecule has 0 spiro atoms. The summed E-state index contributed by atoms with van der Waals surface area (Å²) in [6, 6.07) is 9.63. The first-order valence-corrected chi connectivity index (χ1v) is 7.60. The number of carbonyl (C=O) groups is 2. The molecule has 114 valence electrons. The minimum Gasteiger partial charge on any atom is -0.480 e. The molecule has 2 unspecified atom stereocenters. The zero-order chi connectivity index (χ0) is 15.5. The molecule has 0 aromatic heterocycles. The van der Waals surface area contributed by atoms with E-state index >= 15 is 0 Å². The highest BCUT2D eigenvalue weighted by Crippen LogP contribution is 2.32. The lowest BCUT2D eigenvalue weighted by Crippen LogP contribution is -2.58. The van der Waals surface area contributed by atoms with Crippen molar-refractivity contribution in [3.05, 3.63) is 35.9 Å². The highest BCUT2D eigenvalue weighted by atomic mass is 16.4. The third-order valence-electron chi connectivity index (χ3n) is 4.53. The van der Waals surface area contributed by atoms with Crippen LogP contribution >= 0.6 is 0 Å². The van der Waals surface area contributed by atoms with E-state index in [2.05, 4.69) is 0 Å². The van der Waals surface area contributed by atoms with Crippen LogP contribution in [0, 0.1) is 0 Å². The van der Waals surface area contributed by atoms with Crippen LogP contribution in [-0.2, 0) is 9.59 Å². The summed E-state index contributed by atoms with van der Waals surface area (Å²) in [4.78, 5) is 26.1. The van der Waals surface area contributed by atoms with Crippen molar-refractivity contribution in [2.24, 2.45) is 0 Å². The summed E-state index contributed by atoms with van der Waals surface area (Å²) in [7, 11) is 0. The number of rotatable bonds is 4. The molecule has 0 bridgehead atoms. The first-order valence-electron chi connectivity index (χ1n) is 7.60. The maximum absolute atomic E-state index is 12.9. The largest absolute Gasteiger partial charge is 0.480 e. The number of hydrogen-bond acceptors (Lipinski definition) is 2. The maximum atomic E-state index is 12.9. The number of piperidine rings is 1. The fraction of sp³-hybridized carbons (Fsp3) is 0.529. The van der Waals surface area contributed by atoms with Crippen molar-refractivity contribution in [3.63, 3.8) is 0 Å². The molecule has 1 aliphatic rings. The van der Waals surface area contributed by atoms with E-state index in [1.807, 2.05) is 37.3 Å². The fourth-order valence-corrected chi connectivity index (χ4v) is 3.12. The van der Waals surface area contributed by atoms with Crippen LogP contribution < -0.4 is 0 Å².